The van der Waals surface area contributed by atoms with Crippen LogP contribution in [0.5, 0.6) is 5.75 Å². The van der Waals surface area contributed by atoms with Crippen LogP contribution in [0.3, 0.4) is 0 Å². The predicted molar refractivity (Wildman–Crippen MR) is 71.9 cm³/mol. The fraction of sp³-hybridized carbons (Fsp3) is 0.462. The molecule has 1 aromatic carbocycles. The first kappa shape index (κ1) is 12.4. The van der Waals surface area contributed by atoms with Crippen LogP contribution in [0.2, 0.25) is 0 Å². The van der Waals surface area contributed by atoms with Gasteiger partial charge in [0.2, 0.25) is 0 Å². The van der Waals surface area contributed by atoms with Gasteiger partial charge in [-0.25, -0.2) is 0 Å². The molecular formula is C13H16BrNO2. The van der Waals surface area contributed by atoms with E-state index in [0.717, 1.165) is 17.9 Å². The van der Waals surface area contributed by atoms with Crippen LogP contribution in [0.15, 0.2) is 18.2 Å². The molecule has 92 valence electrons. The third-order valence-electron chi connectivity index (χ3n) is 2.60. The molecule has 1 aromatic rings. The van der Waals surface area contributed by atoms with Crippen molar-refractivity contribution in [3.8, 4) is 5.75 Å². The van der Waals surface area contributed by atoms with Crippen molar-refractivity contribution in [1.29, 1.82) is 0 Å². The summed E-state index contributed by atoms with van der Waals surface area (Å²) in [6.07, 6.45) is 0.479. The van der Waals surface area contributed by atoms with Gasteiger partial charge in [-0.2, -0.15) is 0 Å². The lowest BCUT2D eigenvalue weighted by Crippen LogP contribution is -2.34. The molecular weight excluding hydrogens is 282 g/mol. The summed E-state index contributed by atoms with van der Waals surface area (Å²) in [5.41, 5.74) is 1.94. The summed E-state index contributed by atoms with van der Waals surface area (Å²) in [4.78, 5) is 11.5. The van der Waals surface area contributed by atoms with Gasteiger partial charge in [-0.15, -0.1) is 0 Å². The Morgan fingerprint density at radius 3 is 2.82 bits per heavy atom. The molecule has 0 bridgehead atoms. The minimum absolute atomic E-state index is 0.0497. The van der Waals surface area contributed by atoms with Crippen LogP contribution >= 0.6 is 15.9 Å². The van der Waals surface area contributed by atoms with E-state index in [-0.39, 0.29) is 10.2 Å². The van der Waals surface area contributed by atoms with E-state index in [9.17, 15) is 4.79 Å². The molecule has 0 aromatic heterocycles. The van der Waals surface area contributed by atoms with Gasteiger partial charge >= 0.3 is 0 Å². The maximum Gasteiger partial charge on any atom is 0.265 e. The molecule has 1 atom stereocenters. The number of amides is 1. The molecule has 1 aliphatic rings. The van der Waals surface area contributed by atoms with Crippen molar-refractivity contribution in [3.63, 3.8) is 0 Å². The van der Waals surface area contributed by atoms with Gasteiger partial charge in [-0.1, -0.05) is 22.0 Å². The summed E-state index contributed by atoms with van der Waals surface area (Å²) >= 11 is 3.61. The van der Waals surface area contributed by atoms with E-state index in [1.807, 2.05) is 18.2 Å². The number of fused-ring (bicyclic) bond motifs is 1. The normalized spacial score (nSPS) is 19.3. The molecule has 17 heavy (non-hydrogen) atoms. The zero-order valence-corrected chi connectivity index (χ0v) is 11.8. The first-order chi connectivity index (χ1) is 7.85. The van der Waals surface area contributed by atoms with Gasteiger partial charge in [0.1, 0.15) is 5.75 Å². The van der Waals surface area contributed by atoms with E-state index in [2.05, 4.69) is 35.1 Å². The highest BCUT2D eigenvalue weighted by atomic mass is 79.9. The van der Waals surface area contributed by atoms with Crippen molar-refractivity contribution < 1.29 is 9.53 Å². The highest BCUT2D eigenvalue weighted by Gasteiger charge is 2.24. The molecule has 1 unspecified atom stereocenters. The average Bonchev–Trinajstić information content (AvgIpc) is 2.18. The molecule has 0 saturated heterocycles. The lowest BCUT2D eigenvalue weighted by molar-refractivity contribution is -0.122. The fourth-order valence-corrected chi connectivity index (χ4v) is 2.18. The zero-order chi connectivity index (χ0) is 12.6. The minimum Gasteiger partial charge on any atom is -0.479 e. The van der Waals surface area contributed by atoms with Gasteiger partial charge < -0.3 is 10.1 Å². The third kappa shape index (κ3) is 3.00. The Hall–Kier alpha value is -1.03. The maximum atomic E-state index is 11.5. The quantitative estimate of drug-likeness (QED) is 0.852. The van der Waals surface area contributed by atoms with Gasteiger partial charge in [0.05, 0.1) is 5.69 Å². The average molecular weight is 298 g/mol. The highest BCUT2D eigenvalue weighted by Crippen LogP contribution is 2.32. The van der Waals surface area contributed by atoms with Gasteiger partial charge in [-0.05, 0) is 44.9 Å². The monoisotopic (exact) mass is 297 g/mol. The fourth-order valence-electron chi connectivity index (χ4n) is 1.85. The molecule has 0 aliphatic carbocycles. The number of nitrogens with one attached hydrogen (secondary N) is 1. The molecule has 0 radical (unpaired) electrons. The van der Waals surface area contributed by atoms with Crippen molar-refractivity contribution in [3.05, 3.63) is 23.8 Å². The lowest BCUT2D eigenvalue weighted by atomic mass is 10.0. The van der Waals surface area contributed by atoms with Crippen molar-refractivity contribution in [1.82, 2.24) is 0 Å². The van der Waals surface area contributed by atoms with E-state index < -0.39 is 6.10 Å². The molecule has 1 heterocycles. The smallest absolute Gasteiger partial charge is 0.265 e. The van der Waals surface area contributed by atoms with Crippen molar-refractivity contribution in [2.45, 2.75) is 37.6 Å². The summed E-state index contributed by atoms with van der Waals surface area (Å²) in [5.74, 6) is 0.654. The van der Waals surface area contributed by atoms with E-state index in [1.54, 1.807) is 6.92 Å². The molecule has 2 rings (SSSR count). The van der Waals surface area contributed by atoms with Crippen LogP contribution in [0, 0.1) is 0 Å². The van der Waals surface area contributed by atoms with Crippen LogP contribution < -0.4 is 10.1 Å². The highest BCUT2D eigenvalue weighted by molar-refractivity contribution is 9.10. The van der Waals surface area contributed by atoms with Crippen LogP contribution in [-0.4, -0.2) is 16.3 Å². The predicted octanol–water partition coefficient (Wildman–Crippen LogP) is 3.12. The number of hydrogen-bond donors (Lipinski definition) is 1. The molecule has 0 spiro atoms. The Bertz CT molecular complexity index is 451. The maximum absolute atomic E-state index is 11.5. The summed E-state index contributed by atoms with van der Waals surface area (Å²) in [7, 11) is 0. The SMILES string of the molecule is CC1Oc2ccc(CC(C)(C)Br)cc2NC1=O. The Labute approximate surface area is 110 Å². The topological polar surface area (TPSA) is 38.3 Å². The first-order valence-corrected chi connectivity index (χ1v) is 6.44. The molecule has 4 heteroatoms. The number of hydrogen-bond acceptors (Lipinski definition) is 2. The molecule has 1 amide bonds. The van der Waals surface area contributed by atoms with Crippen LogP contribution in [-0.2, 0) is 11.2 Å². The number of benzene rings is 1. The van der Waals surface area contributed by atoms with Crippen molar-refractivity contribution >= 4 is 27.5 Å². The van der Waals surface area contributed by atoms with E-state index in [1.165, 1.54) is 5.56 Å². The standard InChI is InChI=1S/C13H16BrNO2/c1-8-12(16)15-10-6-9(7-13(2,3)14)4-5-11(10)17-8/h4-6,8H,7H2,1-3H3,(H,15,16). The molecule has 1 aliphatic heterocycles. The van der Waals surface area contributed by atoms with Crippen LogP contribution in [0.25, 0.3) is 0 Å². The number of ether oxygens (including phenoxy) is 1. The van der Waals surface area contributed by atoms with Gasteiger partial charge in [-0.3, -0.25) is 4.79 Å². The van der Waals surface area contributed by atoms with Crippen LogP contribution in [0.1, 0.15) is 26.3 Å². The number of carbonyl (C=O) groups excluding carboxylic acids is 1. The molecule has 3 nitrogen and oxygen atoms in total. The zero-order valence-electron chi connectivity index (χ0n) is 10.2. The Kier molecular flexibility index (Phi) is 3.17. The largest absolute Gasteiger partial charge is 0.479 e. The lowest BCUT2D eigenvalue weighted by Gasteiger charge is -2.24. The number of anilines is 1. The van der Waals surface area contributed by atoms with Gasteiger partial charge in [0.25, 0.3) is 5.91 Å². The van der Waals surface area contributed by atoms with E-state index in [4.69, 9.17) is 4.74 Å². The van der Waals surface area contributed by atoms with Gasteiger partial charge in [0.15, 0.2) is 6.10 Å². The second kappa shape index (κ2) is 4.33. The van der Waals surface area contributed by atoms with Gasteiger partial charge in [0, 0.05) is 4.32 Å². The number of rotatable bonds is 2. The Balaban J connectivity index is 2.26. The summed E-state index contributed by atoms with van der Waals surface area (Å²) in [5, 5.41) is 2.86. The Morgan fingerprint density at radius 2 is 2.18 bits per heavy atom. The first-order valence-electron chi connectivity index (χ1n) is 5.64. The second-order valence-corrected chi connectivity index (χ2v) is 7.12. The number of halogens is 1. The van der Waals surface area contributed by atoms with Crippen LogP contribution in [0.4, 0.5) is 5.69 Å². The van der Waals surface area contributed by atoms with Crippen molar-refractivity contribution in [2.75, 3.05) is 5.32 Å². The summed E-state index contributed by atoms with van der Waals surface area (Å²) in [6.45, 7) is 5.97. The second-order valence-electron chi connectivity index (χ2n) is 4.98. The Morgan fingerprint density at radius 1 is 1.47 bits per heavy atom. The summed E-state index contributed by atoms with van der Waals surface area (Å²) in [6, 6.07) is 5.92. The van der Waals surface area contributed by atoms with E-state index in [0.29, 0.717) is 0 Å². The number of carbonyl (C=O) groups is 1. The third-order valence-corrected chi connectivity index (χ3v) is 2.88. The van der Waals surface area contributed by atoms with E-state index >= 15 is 0 Å². The molecule has 0 fully saturated rings. The molecule has 1 N–H and O–H groups in total. The summed E-state index contributed by atoms with van der Waals surface area (Å²) < 4.78 is 5.56. The minimum atomic E-state index is -0.416. The van der Waals surface area contributed by atoms with Crippen molar-refractivity contribution in [2.24, 2.45) is 0 Å². The molecule has 0 saturated carbocycles. The number of alkyl halides is 1.